The van der Waals surface area contributed by atoms with Crippen molar-refractivity contribution in [1.29, 1.82) is 0 Å². The number of halogens is 2. The maximum absolute atomic E-state index is 10.4. The number of hydrogen-bond acceptors (Lipinski definition) is 6. The predicted molar refractivity (Wildman–Crippen MR) is 151 cm³/mol. The lowest BCUT2D eigenvalue weighted by molar-refractivity contribution is 0.206. The van der Waals surface area contributed by atoms with Crippen LogP contribution in [0.1, 0.15) is 35.4 Å². The maximum Gasteiger partial charge on any atom is 0.120 e. The highest BCUT2D eigenvalue weighted by atomic mass is 79.9. The summed E-state index contributed by atoms with van der Waals surface area (Å²) in [6.45, 7) is 6.64. The van der Waals surface area contributed by atoms with Crippen LogP contribution < -0.4 is 0 Å². The van der Waals surface area contributed by atoms with Crippen molar-refractivity contribution in [3.05, 3.63) is 86.1 Å². The third-order valence-corrected chi connectivity index (χ3v) is 7.52. The van der Waals surface area contributed by atoms with Crippen molar-refractivity contribution in [2.24, 2.45) is 0 Å². The first-order chi connectivity index (χ1) is 17.4. The summed E-state index contributed by atoms with van der Waals surface area (Å²) in [5.74, 6) is 0.644. The molecule has 6 nitrogen and oxygen atoms in total. The summed E-state index contributed by atoms with van der Waals surface area (Å²) in [6.07, 6.45) is 2.08. The molecule has 0 unspecified atom stereocenters. The summed E-state index contributed by atoms with van der Waals surface area (Å²) >= 11 is 7.07. The van der Waals surface area contributed by atoms with Crippen LogP contribution in [0.3, 0.4) is 0 Å². The Morgan fingerprint density at radius 2 is 1.19 bits per heavy atom. The Morgan fingerprint density at radius 3 is 1.67 bits per heavy atom. The molecule has 1 aliphatic rings. The van der Waals surface area contributed by atoms with Gasteiger partial charge in [0.05, 0.1) is 11.4 Å². The minimum atomic E-state index is 0.322. The molecule has 0 spiro atoms. The second-order valence-electron chi connectivity index (χ2n) is 9.60. The number of aromatic nitrogens is 1. The molecule has 0 atom stereocenters. The molecule has 2 N–H and O–H groups in total. The van der Waals surface area contributed by atoms with E-state index in [1.807, 2.05) is 24.3 Å². The molecule has 0 aliphatic carbocycles. The number of hydrogen-bond donors (Lipinski definition) is 2. The Kier molecular flexibility index (Phi) is 9.79. The van der Waals surface area contributed by atoms with Gasteiger partial charge in [-0.15, -0.1) is 0 Å². The van der Waals surface area contributed by atoms with E-state index >= 15 is 0 Å². The molecular formula is C28H34Br2N4O2. The normalized spacial score (nSPS) is 17.1. The molecule has 0 radical (unpaired) electrons. The van der Waals surface area contributed by atoms with E-state index in [1.54, 1.807) is 12.1 Å². The quantitative estimate of drug-likeness (QED) is 0.389. The van der Waals surface area contributed by atoms with Gasteiger partial charge in [-0.1, -0.05) is 37.9 Å². The van der Waals surface area contributed by atoms with E-state index in [0.717, 1.165) is 83.6 Å². The molecule has 36 heavy (non-hydrogen) atoms. The lowest BCUT2D eigenvalue weighted by Crippen LogP contribution is -2.32. The lowest BCUT2D eigenvalue weighted by Gasteiger charge is -2.27. The minimum absolute atomic E-state index is 0.322. The van der Waals surface area contributed by atoms with E-state index in [-0.39, 0.29) is 0 Å². The Hall–Kier alpha value is -1.97. The fourth-order valence-electron chi connectivity index (χ4n) is 4.68. The van der Waals surface area contributed by atoms with Gasteiger partial charge in [-0.3, -0.25) is 14.8 Å². The molecule has 0 fully saturated rings. The molecule has 0 saturated heterocycles. The zero-order valence-electron chi connectivity index (χ0n) is 20.7. The van der Waals surface area contributed by atoms with Gasteiger partial charge in [-0.2, -0.15) is 0 Å². The monoisotopic (exact) mass is 616 g/mol. The highest BCUT2D eigenvalue weighted by molar-refractivity contribution is 9.10. The second kappa shape index (κ2) is 13.0. The SMILES string of the molecule is CN1CCCN(Cc2cc(Br)ccc2O)Cc2cccc(n2)CN(Cc2cc(Br)ccc2O)CCC1. The first-order valence-corrected chi connectivity index (χ1v) is 14.0. The topological polar surface area (TPSA) is 63.1 Å². The second-order valence-corrected chi connectivity index (χ2v) is 11.4. The van der Waals surface area contributed by atoms with Crippen molar-refractivity contribution in [3.8, 4) is 11.5 Å². The number of phenols is 2. The molecule has 192 valence electrons. The Balaban J connectivity index is 1.55. The van der Waals surface area contributed by atoms with Crippen molar-refractivity contribution in [2.75, 3.05) is 33.2 Å². The van der Waals surface area contributed by atoms with Crippen molar-refractivity contribution in [3.63, 3.8) is 0 Å². The minimum Gasteiger partial charge on any atom is -0.508 e. The van der Waals surface area contributed by atoms with Crippen molar-refractivity contribution in [2.45, 2.75) is 39.0 Å². The molecule has 2 heterocycles. The van der Waals surface area contributed by atoms with Gasteiger partial charge >= 0.3 is 0 Å². The van der Waals surface area contributed by atoms with Crippen molar-refractivity contribution >= 4 is 31.9 Å². The predicted octanol–water partition coefficient (Wildman–Crippen LogP) is 5.75. The molecule has 1 aliphatic heterocycles. The van der Waals surface area contributed by atoms with E-state index in [9.17, 15) is 10.2 Å². The number of phenolic OH excluding ortho intramolecular Hbond substituents is 2. The first kappa shape index (κ1) is 27.1. The van der Waals surface area contributed by atoms with E-state index in [1.165, 1.54) is 0 Å². The average Bonchev–Trinajstić information content (AvgIpc) is 2.83. The van der Waals surface area contributed by atoms with Crippen LogP contribution >= 0.6 is 31.9 Å². The Labute approximate surface area is 230 Å². The fourth-order valence-corrected chi connectivity index (χ4v) is 5.49. The first-order valence-electron chi connectivity index (χ1n) is 12.4. The van der Waals surface area contributed by atoms with E-state index in [2.05, 4.69) is 71.8 Å². The van der Waals surface area contributed by atoms with E-state index < -0.39 is 0 Å². The van der Waals surface area contributed by atoms with Crippen LogP contribution in [0.4, 0.5) is 0 Å². The summed E-state index contributed by atoms with van der Waals surface area (Å²) in [6, 6.07) is 17.4. The van der Waals surface area contributed by atoms with Crippen LogP contribution in [0.5, 0.6) is 11.5 Å². The lowest BCUT2D eigenvalue weighted by atomic mass is 10.1. The number of pyridine rings is 1. The number of nitrogens with zero attached hydrogens (tertiary/aromatic N) is 4. The molecular weight excluding hydrogens is 584 g/mol. The van der Waals surface area contributed by atoms with E-state index in [4.69, 9.17) is 4.98 Å². The molecule has 8 heteroatoms. The Morgan fingerprint density at radius 1 is 0.722 bits per heavy atom. The summed E-state index contributed by atoms with van der Waals surface area (Å²) in [5, 5.41) is 20.8. The van der Waals surface area contributed by atoms with Gasteiger partial charge in [0, 0.05) is 59.3 Å². The molecule has 1 aromatic heterocycles. The van der Waals surface area contributed by atoms with Crippen LogP contribution in [-0.2, 0) is 26.2 Å². The van der Waals surface area contributed by atoms with Gasteiger partial charge in [0.1, 0.15) is 11.5 Å². The number of rotatable bonds is 4. The highest BCUT2D eigenvalue weighted by Crippen LogP contribution is 2.25. The summed E-state index contributed by atoms with van der Waals surface area (Å²) < 4.78 is 1.93. The Bertz CT molecular complexity index is 1080. The molecule has 4 rings (SSSR count). The maximum atomic E-state index is 10.4. The third-order valence-electron chi connectivity index (χ3n) is 6.53. The van der Waals surface area contributed by atoms with Crippen LogP contribution in [-0.4, -0.2) is 63.1 Å². The van der Waals surface area contributed by atoms with Gasteiger partial charge in [0.25, 0.3) is 0 Å². The van der Waals surface area contributed by atoms with Gasteiger partial charge in [0.2, 0.25) is 0 Å². The zero-order chi connectivity index (χ0) is 25.5. The highest BCUT2D eigenvalue weighted by Gasteiger charge is 2.16. The van der Waals surface area contributed by atoms with Crippen LogP contribution in [0.15, 0.2) is 63.5 Å². The average molecular weight is 618 g/mol. The van der Waals surface area contributed by atoms with Gasteiger partial charge in [-0.05, 0) is 81.5 Å². The number of aromatic hydroxyl groups is 2. The molecule has 2 aromatic carbocycles. The standard InChI is InChI=1S/C28H34Br2N4O2/c1-32-11-3-13-33(17-21-15-23(29)7-9-27(21)35)19-25-5-2-6-26(31-25)20-34(14-4-12-32)18-22-16-24(30)8-10-28(22)36/h2,5-10,15-16,35-36H,3-4,11-14,17-20H2,1H3. The van der Waals surface area contributed by atoms with Gasteiger partial charge in [0.15, 0.2) is 0 Å². The fraction of sp³-hybridized carbons (Fsp3) is 0.393. The van der Waals surface area contributed by atoms with Gasteiger partial charge < -0.3 is 15.1 Å². The third kappa shape index (κ3) is 8.02. The number of benzene rings is 2. The molecule has 0 amide bonds. The van der Waals surface area contributed by atoms with Gasteiger partial charge in [-0.25, -0.2) is 0 Å². The zero-order valence-corrected chi connectivity index (χ0v) is 23.9. The van der Waals surface area contributed by atoms with E-state index in [0.29, 0.717) is 24.6 Å². The summed E-state index contributed by atoms with van der Waals surface area (Å²) in [7, 11) is 2.19. The number of fused-ring (bicyclic) bond motifs is 2. The molecule has 0 saturated carbocycles. The van der Waals surface area contributed by atoms with Crippen LogP contribution in [0.25, 0.3) is 0 Å². The van der Waals surface area contributed by atoms with Crippen molar-refractivity contribution < 1.29 is 10.2 Å². The summed E-state index contributed by atoms with van der Waals surface area (Å²) in [4.78, 5) is 12.1. The van der Waals surface area contributed by atoms with Crippen LogP contribution in [0, 0.1) is 0 Å². The summed E-state index contributed by atoms with van der Waals surface area (Å²) in [5.41, 5.74) is 3.88. The smallest absolute Gasteiger partial charge is 0.120 e. The van der Waals surface area contributed by atoms with Crippen molar-refractivity contribution in [1.82, 2.24) is 19.7 Å². The molecule has 3 aromatic rings. The largest absolute Gasteiger partial charge is 0.508 e. The molecule has 2 bridgehead atoms. The van der Waals surface area contributed by atoms with Crippen LogP contribution in [0.2, 0.25) is 0 Å².